The number of nitrogens with zero attached hydrogens (tertiary/aromatic N) is 2. The maximum absolute atomic E-state index is 13.2. The summed E-state index contributed by atoms with van der Waals surface area (Å²) in [6, 6.07) is 30.7. The number of nitrogens with one attached hydrogen (secondary N) is 4. The monoisotopic (exact) mass is 664 g/mol. The molecule has 0 radical (unpaired) electrons. The van der Waals surface area contributed by atoms with Gasteiger partial charge in [0.1, 0.15) is 11.6 Å². The van der Waals surface area contributed by atoms with Crippen LogP contribution < -0.4 is 10.9 Å². The normalized spacial score (nSPS) is 11.7. The Labute approximate surface area is 285 Å². The lowest BCUT2D eigenvalue weighted by molar-refractivity contribution is 0.0947. The number of hydrazone groups is 2. The summed E-state index contributed by atoms with van der Waals surface area (Å²) in [6.07, 6.45) is 6.80. The van der Waals surface area contributed by atoms with Gasteiger partial charge in [-0.1, -0.05) is 54.1 Å². The van der Waals surface area contributed by atoms with Crippen LogP contribution in [-0.2, 0) is 0 Å². The van der Waals surface area contributed by atoms with Gasteiger partial charge in [-0.15, -0.1) is 0 Å². The van der Waals surface area contributed by atoms with Crippen LogP contribution in [0.15, 0.2) is 132 Å². The van der Waals surface area contributed by atoms with Crippen LogP contribution in [0.2, 0.25) is 0 Å². The average molecular weight is 665 g/mol. The maximum atomic E-state index is 13.2. The van der Waals surface area contributed by atoms with E-state index in [4.69, 9.17) is 0 Å². The van der Waals surface area contributed by atoms with Gasteiger partial charge in [-0.25, -0.2) is 19.6 Å². The van der Waals surface area contributed by atoms with E-state index in [0.717, 1.165) is 44.1 Å². The summed E-state index contributed by atoms with van der Waals surface area (Å²) in [7, 11) is 0. The molecule has 2 aromatic heterocycles. The minimum Gasteiger partial charge on any atom is -0.361 e. The summed E-state index contributed by atoms with van der Waals surface area (Å²) in [5.41, 5.74) is 13.0. The predicted octanol–water partition coefficient (Wildman–Crippen LogP) is 7.94. The fourth-order valence-electron chi connectivity index (χ4n) is 5.89. The van der Waals surface area contributed by atoms with Crippen molar-refractivity contribution in [2.24, 2.45) is 10.2 Å². The molecule has 2 heterocycles. The molecule has 5 aromatic carbocycles. The number of aryl methyl sites for hydroxylation is 1. The van der Waals surface area contributed by atoms with Gasteiger partial charge in [-0.2, -0.15) is 10.2 Å². The number of halogens is 2. The van der Waals surface area contributed by atoms with Crippen molar-refractivity contribution in [1.82, 2.24) is 20.8 Å². The number of carbonyl (C=O) groups excluding carboxylic acids is 2. The zero-order valence-corrected chi connectivity index (χ0v) is 26.7. The smallest absolute Gasteiger partial charge is 0.271 e. The van der Waals surface area contributed by atoms with E-state index in [0.29, 0.717) is 22.3 Å². The summed E-state index contributed by atoms with van der Waals surface area (Å²) < 4.78 is 26.5. The van der Waals surface area contributed by atoms with Gasteiger partial charge >= 0.3 is 0 Å². The van der Waals surface area contributed by atoms with E-state index in [-0.39, 0.29) is 17.6 Å². The van der Waals surface area contributed by atoms with E-state index < -0.39 is 11.8 Å². The number of benzene rings is 5. The summed E-state index contributed by atoms with van der Waals surface area (Å²) in [5, 5.41) is 9.80. The highest BCUT2D eigenvalue weighted by molar-refractivity contribution is 6.01. The molecule has 246 valence electrons. The van der Waals surface area contributed by atoms with Crippen LogP contribution in [-0.4, -0.2) is 34.2 Å². The third-order valence-corrected chi connectivity index (χ3v) is 8.48. The minimum absolute atomic E-state index is 0.275. The Bertz CT molecular complexity index is 2240. The molecule has 0 atom stereocenters. The molecule has 50 heavy (non-hydrogen) atoms. The van der Waals surface area contributed by atoms with Crippen molar-refractivity contribution in [3.63, 3.8) is 0 Å². The molecule has 8 nitrogen and oxygen atoms in total. The number of H-pyrrole nitrogens is 2. The fraction of sp³-hybridized carbons (Fsp3) is 0.0500. The molecule has 4 N–H and O–H groups in total. The number of aromatic amines is 2. The molecule has 7 aromatic rings. The topological polar surface area (TPSA) is 114 Å². The van der Waals surface area contributed by atoms with Crippen molar-refractivity contribution in [2.75, 3.05) is 0 Å². The third kappa shape index (κ3) is 6.81. The lowest BCUT2D eigenvalue weighted by atomic mass is 9.84. The molecule has 7 rings (SSSR count). The second-order valence-corrected chi connectivity index (χ2v) is 11.9. The van der Waals surface area contributed by atoms with Crippen molar-refractivity contribution >= 4 is 46.0 Å². The van der Waals surface area contributed by atoms with E-state index in [1.807, 2.05) is 43.6 Å². The number of carbonyl (C=O) groups is 2. The molecule has 10 heteroatoms. The molecule has 0 saturated heterocycles. The van der Waals surface area contributed by atoms with Crippen molar-refractivity contribution in [1.29, 1.82) is 0 Å². The van der Waals surface area contributed by atoms with Gasteiger partial charge in [0, 0.05) is 51.2 Å². The largest absolute Gasteiger partial charge is 0.361 e. The molecule has 0 unspecified atom stereocenters. The zero-order valence-electron chi connectivity index (χ0n) is 26.7. The van der Waals surface area contributed by atoms with E-state index >= 15 is 0 Å². The zero-order chi connectivity index (χ0) is 34.6. The molecular formula is C40H30F2N6O2. The number of amides is 2. The Balaban J connectivity index is 1.22. The Kier molecular flexibility index (Phi) is 8.81. The van der Waals surface area contributed by atoms with Gasteiger partial charge in [-0.3, -0.25) is 9.59 Å². The van der Waals surface area contributed by atoms with Crippen LogP contribution in [0.4, 0.5) is 8.78 Å². The van der Waals surface area contributed by atoms with E-state index in [9.17, 15) is 18.4 Å². The number of rotatable bonds is 9. The van der Waals surface area contributed by atoms with Gasteiger partial charge in [0.25, 0.3) is 11.8 Å². The number of fused-ring (bicyclic) bond motifs is 2. The number of aromatic nitrogens is 2. The summed E-state index contributed by atoms with van der Waals surface area (Å²) in [6.45, 7) is 2.03. The van der Waals surface area contributed by atoms with Gasteiger partial charge in [0.2, 0.25) is 0 Å². The molecule has 0 aliphatic carbocycles. The van der Waals surface area contributed by atoms with Gasteiger partial charge in [0.05, 0.1) is 12.4 Å². The molecule has 0 saturated carbocycles. The standard InChI is InChI=1S/C40H30F2N6O2/c1-24-2-8-27(9-3-24)38(34-22-43-36-16-10-28(18-32(34)36)39(49)47-45-20-25-4-12-30(41)13-5-25)35-23-44-37-17-11-29(19-33(35)37)40(50)48-46-21-26-6-14-31(42)15-7-26/h2-23,38,43-44H,1H3,(H,47,49)(H,48,50)/b45-20+,46-21+. The third-order valence-electron chi connectivity index (χ3n) is 8.48. The highest BCUT2D eigenvalue weighted by atomic mass is 19.1. The highest BCUT2D eigenvalue weighted by Gasteiger charge is 2.24. The van der Waals surface area contributed by atoms with Gasteiger partial charge in [0.15, 0.2) is 0 Å². The Hall–Kier alpha value is -6.68. The lowest BCUT2D eigenvalue weighted by Gasteiger charge is -2.18. The van der Waals surface area contributed by atoms with Crippen molar-refractivity contribution in [3.8, 4) is 0 Å². The first-order valence-corrected chi connectivity index (χ1v) is 15.8. The van der Waals surface area contributed by atoms with E-state index in [1.165, 1.54) is 36.7 Å². The molecule has 0 aliphatic heterocycles. The van der Waals surface area contributed by atoms with Crippen LogP contribution >= 0.6 is 0 Å². The second kappa shape index (κ2) is 13.8. The van der Waals surface area contributed by atoms with Crippen LogP contribution in [0.3, 0.4) is 0 Å². The quantitative estimate of drug-likeness (QED) is 0.0927. The first kappa shape index (κ1) is 31.9. The van der Waals surface area contributed by atoms with Crippen molar-refractivity contribution in [3.05, 3.63) is 178 Å². The van der Waals surface area contributed by atoms with E-state index in [1.54, 1.807) is 36.4 Å². The molecule has 0 bridgehead atoms. The first-order chi connectivity index (χ1) is 24.3. The molecule has 0 spiro atoms. The Morgan fingerprint density at radius 3 is 1.50 bits per heavy atom. The van der Waals surface area contributed by atoms with Crippen molar-refractivity contribution in [2.45, 2.75) is 12.8 Å². The van der Waals surface area contributed by atoms with Crippen LogP contribution in [0, 0.1) is 18.6 Å². The Morgan fingerprint density at radius 2 is 1.06 bits per heavy atom. The van der Waals surface area contributed by atoms with E-state index in [2.05, 4.69) is 55.3 Å². The SMILES string of the molecule is Cc1ccc(C(c2c[nH]c3ccc(C(=O)N/N=C/c4ccc(F)cc4)cc23)c2c[nH]c3ccc(C(=O)N/N=C/c4ccc(F)cc4)cc23)cc1. The summed E-state index contributed by atoms with van der Waals surface area (Å²) in [5.74, 6) is -1.77. The average Bonchev–Trinajstić information content (AvgIpc) is 3.75. The number of hydrogen-bond donors (Lipinski definition) is 4. The fourth-order valence-corrected chi connectivity index (χ4v) is 5.89. The van der Waals surface area contributed by atoms with Gasteiger partial charge < -0.3 is 9.97 Å². The van der Waals surface area contributed by atoms with Gasteiger partial charge in [-0.05, 0) is 95.4 Å². The predicted molar refractivity (Wildman–Crippen MR) is 192 cm³/mol. The molecular weight excluding hydrogens is 634 g/mol. The molecule has 2 amide bonds. The molecule has 0 fully saturated rings. The Morgan fingerprint density at radius 1 is 0.620 bits per heavy atom. The number of hydrogen-bond acceptors (Lipinski definition) is 4. The second-order valence-electron chi connectivity index (χ2n) is 11.9. The van der Waals surface area contributed by atoms with Crippen LogP contribution in [0.25, 0.3) is 21.8 Å². The first-order valence-electron chi connectivity index (χ1n) is 15.8. The van der Waals surface area contributed by atoms with Crippen LogP contribution in [0.5, 0.6) is 0 Å². The highest BCUT2D eigenvalue weighted by Crippen LogP contribution is 2.40. The lowest BCUT2D eigenvalue weighted by Crippen LogP contribution is -2.17. The van der Waals surface area contributed by atoms with Crippen LogP contribution in [0.1, 0.15) is 60.0 Å². The molecule has 0 aliphatic rings. The summed E-state index contributed by atoms with van der Waals surface area (Å²) in [4.78, 5) is 33.0. The van der Waals surface area contributed by atoms with Crippen molar-refractivity contribution < 1.29 is 18.4 Å². The maximum Gasteiger partial charge on any atom is 0.271 e. The summed E-state index contributed by atoms with van der Waals surface area (Å²) >= 11 is 0. The minimum atomic E-state index is -0.394.